The predicted octanol–water partition coefficient (Wildman–Crippen LogP) is 4.96. The molecule has 4 rings (SSSR count). The van der Waals surface area contributed by atoms with Crippen molar-refractivity contribution in [3.8, 4) is 5.75 Å². The Kier molecular flexibility index (Phi) is 7.13. The quantitative estimate of drug-likeness (QED) is 0.349. The summed E-state index contributed by atoms with van der Waals surface area (Å²) < 4.78 is 10.7. The van der Waals surface area contributed by atoms with Gasteiger partial charge in [0.25, 0.3) is 0 Å². The van der Waals surface area contributed by atoms with Gasteiger partial charge >= 0.3 is 6.09 Å². The summed E-state index contributed by atoms with van der Waals surface area (Å²) in [6, 6.07) is 21.9. The number of alkyl carbamates (subject to hydrolysis) is 1. The van der Waals surface area contributed by atoms with Crippen LogP contribution in [0.25, 0.3) is 10.9 Å². The Balaban J connectivity index is 1.53. The van der Waals surface area contributed by atoms with Crippen molar-refractivity contribution in [3.05, 3.63) is 95.7 Å². The summed E-state index contributed by atoms with van der Waals surface area (Å²) >= 11 is 0. The summed E-state index contributed by atoms with van der Waals surface area (Å²) in [6.45, 7) is 2.04. The molecule has 1 atom stereocenters. The van der Waals surface area contributed by atoms with Gasteiger partial charge in [-0.05, 0) is 41.8 Å². The average molecular weight is 458 g/mol. The van der Waals surface area contributed by atoms with Crippen molar-refractivity contribution < 1.29 is 19.1 Å². The van der Waals surface area contributed by atoms with Crippen LogP contribution in [0.4, 0.5) is 10.5 Å². The number of aromatic nitrogens is 1. The Morgan fingerprint density at radius 2 is 1.76 bits per heavy atom. The third kappa shape index (κ3) is 5.56. The van der Waals surface area contributed by atoms with Crippen molar-refractivity contribution in [2.24, 2.45) is 0 Å². The standard InChI is InChI=1S/C27H27N3O4/c1-18-12-13-25(33-2)23(14-18)29-26(31)24(15-20-16-28-22-11-7-6-10-21(20)22)30-27(32)34-17-19-8-4-3-5-9-19/h3-14,16,24,28H,15,17H2,1-2H3,(H,29,31)(H,30,32)/t24-/m0/s1. The number of benzene rings is 3. The number of hydrogen-bond donors (Lipinski definition) is 3. The lowest BCUT2D eigenvalue weighted by Crippen LogP contribution is -2.45. The number of methoxy groups -OCH3 is 1. The van der Waals surface area contributed by atoms with Crippen LogP contribution in [-0.4, -0.2) is 30.1 Å². The minimum Gasteiger partial charge on any atom is -0.495 e. The van der Waals surface area contributed by atoms with Crippen molar-refractivity contribution in [2.45, 2.75) is 26.0 Å². The molecule has 174 valence electrons. The summed E-state index contributed by atoms with van der Waals surface area (Å²) in [6.07, 6.45) is 1.47. The summed E-state index contributed by atoms with van der Waals surface area (Å²) in [5.41, 5.74) is 4.24. The molecule has 7 heteroatoms. The first kappa shape index (κ1) is 22.9. The van der Waals surface area contributed by atoms with E-state index in [0.29, 0.717) is 11.4 Å². The molecule has 3 N–H and O–H groups in total. The van der Waals surface area contributed by atoms with Gasteiger partial charge in [-0.3, -0.25) is 4.79 Å². The van der Waals surface area contributed by atoms with Gasteiger partial charge in [-0.2, -0.15) is 0 Å². The molecule has 7 nitrogen and oxygen atoms in total. The second-order valence-corrected chi connectivity index (χ2v) is 8.02. The number of H-pyrrole nitrogens is 1. The summed E-state index contributed by atoms with van der Waals surface area (Å²) in [5, 5.41) is 6.63. The number of nitrogens with one attached hydrogen (secondary N) is 3. The number of aryl methyl sites for hydroxylation is 1. The maximum atomic E-state index is 13.3. The van der Waals surface area contributed by atoms with Gasteiger partial charge in [0.2, 0.25) is 5.91 Å². The molecule has 0 aliphatic heterocycles. The Hall–Kier alpha value is -4.26. The van der Waals surface area contributed by atoms with Crippen LogP contribution in [0.5, 0.6) is 5.75 Å². The molecule has 4 aromatic rings. The van der Waals surface area contributed by atoms with E-state index in [-0.39, 0.29) is 18.9 Å². The van der Waals surface area contributed by atoms with Crippen LogP contribution in [0.2, 0.25) is 0 Å². The monoisotopic (exact) mass is 457 g/mol. The number of rotatable bonds is 8. The van der Waals surface area contributed by atoms with Crippen LogP contribution in [-0.2, 0) is 22.6 Å². The molecular formula is C27H27N3O4. The molecule has 34 heavy (non-hydrogen) atoms. The van der Waals surface area contributed by atoms with Crippen LogP contribution >= 0.6 is 0 Å². The van der Waals surface area contributed by atoms with Crippen LogP contribution in [0, 0.1) is 6.92 Å². The molecule has 0 saturated carbocycles. The van der Waals surface area contributed by atoms with Crippen molar-refractivity contribution in [2.75, 3.05) is 12.4 Å². The maximum Gasteiger partial charge on any atom is 0.408 e. The fraction of sp³-hybridized carbons (Fsp3) is 0.185. The van der Waals surface area contributed by atoms with Gasteiger partial charge in [0.1, 0.15) is 18.4 Å². The molecule has 1 aromatic heterocycles. The van der Waals surface area contributed by atoms with Gasteiger partial charge in [-0.25, -0.2) is 4.79 Å². The molecule has 0 spiro atoms. The number of aromatic amines is 1. The summed E-state index contributed by atoms with van der Waals surface area (Å²) in [5.74, 6) is 0.169. The molecule has 1 heterocycles. The first-order valence-corrected chi connectivity index (χ1v) is 11.0. The lowest BCUT2D eigenvalue weighted by Gasteiger charge is -2.19. The van der Waals surface area contributed by atoms with Crippen LogP contribution in [0.1, 0.15) is 16.7 Å². The fourth-order valence-electron chi connectivity index (χ4n) is 3.78. The lowest BCUT2D eigenvalue weighted by molar-refractivity contribution is -0.118. The highest BCUT2D eigenvalue weighted by molar-refractivity contribution is 5.98. The second kappa shape index (κ2) is 10.6. The number of amides is 2. The van der Waals surface area contributed by atoms with E-state index >= 15 is 0 Å². The number of anilines is 1. The molecule has 0 radical (unpaired) electrons. The molecular weight excluding hydrogens is 430 g/mol. The van der Waals surface area contributed by atoms with Gasteiger partial charge in [0.05, 0.1) is 12.8 Å². The number of carbonyl (C=O) groups excluding carboxylic acids is 2. The Labute approximate surface area is 198 Å². The predicted molar refractivity (Wildman–Crippen MR) is 132 cm³/mol. The summed E-state index contributed by atoms with van der Waals surface area (Å²) in [7, 11) is 1.54. The normalized spacial score (nSPS) is 11.6. The maximum absolute atomic E-state index is 13.3. The second-order valence-electron chi connectivity index (χ2n) is 8.02. The van der Waals surface area contributed by atoms with E-state index in [4.69, 9.17) is 9.47 Å². The minimum atomic E-state index is -0.868. The van der Waals surface area contributed by atoms with Gasteiger partial charge in [-0.15, -0.1) is 0 Å². The molecule has 0 saturated heterocycles. The zero-order valence-electron chi connectivity index (χ0n) is 19.1. The van der Waals surface area contributed by atoms with E-state index in [9.17, 15) is 9.59 Å². The van der Waals surface area contributed by atoms with Crippen LogP contribution < -0.4 is 15.4 Å². The number of hydrogen-bond acceptors (Lipinski definition) is 4. The van der Waals surface area contributed by atoms with Crippen LogP contribution in [0.15, 0.2) is 79.0 Å². The highest BCUT2D eigenvalue weighted by atomic mass is 16.5. The van der Waals surface area contributed by atoms with E-state index in [2.05, 4.69) is 15.6 Å². The van der Waals surface area contributed by atoms with Crippen molar-refractivity contribution in [1.82, 2.24) is 10.3 Å². The van der Waals surface area contributed by atoms with Crippen molar-refractivity contribution in [3.63, 3.8) is 0 Å². The van der Waals surface area contributed by atoms with Gasteiger partial charge in [-0.1, -0.05) is 54.6 Å². The number of fused-ring (bicyclic) bond motifs is 1. The SMILES string of the molecule is COc1ccc(C)cc1NC(=O)[C@H](Cc1c[nH]c2ccccc12)NC(=O)OCc1ccccc1. The third-order valence-corrected chi connectivity index (χ3v) is 5.53. The van der Waals surface area contributed by atoms with E-state index in [1.54, 1.807) is 13.2 Å². The van der Waals surface area contributed by atoms with E-state index in [0.717, 1.165) is 27.6 Å². The van der Waals surface area contributed by atoms with E-state index in [1.807, 2.05) is 79.9 Å². The van der Waals surface area contributed by atoms with Crippen LogP contribution in [0.3, 0.4) is 0 Å². The highest BCUT2D eigenvalue weighted by Crippen LogP contribution is 2.26. The first-order chi connectivity index (χ1) is 16.5. The molecule has 0 fully saturated rings. The average Bonchev–Trinajstić information content (AvgIpc) is 3.26. The Morgan fingerprint density at radius 1 is 1.00 bits per heavy atom. The number of carbonyl (C=O) groups is 2. The first-order valence-electron chi connectivity index (χ1n) is 11.0. The third-order valence-electron chi connectivity index (χ3n) is 5.53. The molecule has 0 unspecified atom stereocenters. The van der Waals surface area contributed by atoms with Gasteiger partial charge in [0, 0.05) is 23.5 Å². The minimum absolute atomic E-state index is 0.111. The van der Waals surface area contributed by atoms with Gasteiger partial charge in [0.15, 0.2) is 0 Å². The van der Waals surface area contributed by atoms with Crippen molar-refractivity contribution >= 4 is 28.6 Å². The molecule has 0 bridgehead atoms. The largest absolute Gasteiger partial charge is 0.495 e. The summed E-state index contributed by atoms with van der Waals surface area (Å²) in [4.78, 5) is 29.1. The molecule has 2 amide bonds. The fourth-order valence-corrected chi connectivity index (χ4v) is 3.78. The topological polar surface area (TPSA) is 92.5 Å². The zero-order chi connectivity index (χ0) is 23.9. The van der Waals surface area contributed by atoms with Gasteiger partial charge < -0.3 is 25.1 Å². The van der Waals surface area contributed by atoms with E-state index < -0.39 is 12.1 Å². The highest BCUT2D eigenvalue weighted by Gasteiger charge is 2.24. The smallest absolute Gasteiger partial charge is 0.408 e. The lowest BCUT2D eigenvalue weighted by atomic mass is 10.0. The molecule has 0 aliphatic carbocycles. The Morgan fingerprint density at radius 3 is 2.56 bits per heavy atom. The number of ether oxygens (including phenoxy) is 2. The zero-order valence-corrected chi connectivity index (χ0v) is 19.1. The molecule has 0 aliphatic rings. The number of para-hydroxylation sites is 1. The van der Waals surface area contributed by atoms with Crippen molar-refractivity contribution in [1.29, 1.82) is 0 Å². The van der Waals surface area contributed by atoms with E-state index in [1.165, 1.54) is 0 Å². The molecule has 3 aromatic carbocycles. The Bertz CT molecular complexity index is 1280.